The number of rotatable bonds is 6. The van der Waals surface area contributed by atoms with Gasteiger partial charge in [0.2, 0.25) is 0 Å². The van der Waals surface area contributed by atoms with Gasteiger partial charge in [-0.2, -0.15) is 0 Å². The minimum atomic E-state index is -3.85. The molecular weight excluding hydrogens is 450 g/mol. The lowest BCUT2D eigenvalue weighted by Crippen LogP contribution is -2.15. The number of hydrogen-bond acceptors (Lipinski definition) is 5. The maximum atomic E-state index is 12.9. The van der Waals surface area contributed by atoms with Gasteiger partial charge in [0, 0.05) is 5.69 Å². The van der Waals surface area contributed by atoms with Crippen LogP contribution in [0.5, 0.6) is 0 Å². The van der Waals surface area contributed by atoms with Crippen molar-refractivity contribution >= 4 is 38.9 Å². The van der Waals surface area contributed by atoms with Gasteiger partial charge in [0.1, 0.15) is 11.3 Å². The molecule has 1 aromatic heterocycles. The highest BCUT2D eigenvalue weighted by Gasteiger charge is 2.20. The van der Waals surface area contributed by atoms with Crippen molar-refractivity contribution in [3.63, 3.8) is 0 Å². The van der Waals surface area contributed by atoms with Gasteiger partial charge in [-0.05, 0) is 61.6 Å². The van der Waals surface area contributed by atoms with Gasteiger partial charge in [0.15, 0.2) is 0 Å². The number of aryl methyl sites for hydroxylation is 1. The van der Waals surface area contributed by atoms with Crippen LogP contribution >= 0.6 is 11.6 Å². The molecule has 4 rings (SSSR count). The van der Waals surface area contributed by atoms with Gasteiger partial charge in [-0.25, -0.2) is 8.42 Å². The Morgan fingerprint density at radius 3 is 2.47 bits per heavy atom. The summed E-state index contributed by atoms with van der Waals surface area (Å²) < 4.78 is 33.3. The van der Waals surface area contributed by atoms with Gasteiger partial charge in [-0.15, -0.1) is 0 Å². The Bertz CT molecular complexity index is 1220. The molecule has 0 aliphatic heterocycles. The van der Waals surface area contributed by atoms with Crippen LogP contribution in [-0.4, -0.2) is 19.5 Å². The molecule has 0 atom stereocenters. The summed E-state index contributed by atoms with van der Waals surface area (Å²) in [6, 6.07) is 11.6. The summed E-state index contributed by atoms with van der Waals surface area (Å²) in [4.78, 5) is 12.5. The lowest BCUT2D eigenvalue weighted by molar-refractivity contribution is 0.102. The summed E-state index contributed by atoms with van der Waals surface area (Å²) >= 11 is 6.21. The second kappa shape index (κ2) is 9.34. The number of halogens is 1. The van der Waals surface area contributed by atoms with Crippen LogP contribution < -0.4 is 10.0 Å². The summed E-state index contributed by atoms with van der Waals surface area (Å²) in [5.41, 5.74) is 2.02. The Morgan fingerprint density at radius 1 is 1.09 bits per heavy atom. The summed E-state index contributed by atoms with van der Waals surface area (Å²) in [5, 5.41) is 6.49. The van der Waals surface area contributed by atoms with Crippen molar-refractivity contribution in [1.82, 2.24) is 5.16 Å². The van der Waals surface area contributed by atoms with Crippen molar-refractivity contribution in [2.45, 2.75) is 49.8 Å². The van der Waals surface area contributed by atoms with Crippen LogP contribution in [0.4, 0.5) is 11.4 Å². The molecule has 9 heteroatoms. The number of nitrogens with zero attached hydrogens (tertiary/aromatic N) is 1. The SMILES string of the molecule is Cc1oncc1C(=O)Nc1ccc(Cl)c(NS(=O)(=O)c2ccc(C3CCCCC3)cc2)c1. The molecule has 3 aromatic rings. The average molecular weight is 474 g/mol. The highest BCUT2D eigenvalue weighted by molar-refractivity contribution is 7.92. The first-order valence-electron chi connectivity index (χ1n) is 10.5. The molecule has 1 saturated carbocycles. The Balaban J connectivity index is 1.50. The highest BCUT2D eigenvalue weighted by atomic mass is 35.5. The van der Waals surface area contributed by atoms with Crippen molar-refractivity contribution in [1.29, 1.82) is 0 Å². The first kappa shape index (κ1) is 22.4. The summed E-state index contributed by atoms with van der Waals surface area (Å²) in [7, 11) is -3.85. The molecule has 1 aliphatic rings. The van der Waals surface area contributed by atoms with Crippen LogP contribution in [0.15, 0.2) is 58.1 Å². The van der Waals surface area contributed by atoms with E-state index in [-0.39, 0.29) is 15.6 Å². The van der Waals surface area contributed by atoms with E-state index in [2.05, 4.69) is 15.2 Å². The van der Waals surface area contributed by atoms with E-state index < -0.39 is 15.9 Å². The maximum absolute atomic E-state index is 12.9. The Morgan fingerprint density at radius 2 is 1.81 bits per heavy atom. The lowest BCUT2D eigenvalue weighted by atomic mass is 9.84. The molecule has 1 fully saturated rings. The third-order valence-corrected chi connectivity index (χ3v) is 7.44. The number of nitrogens with one attached hydrogen (secondary N) is 2. The molecule has 1 amide bonds. The molecule has 0 spiro atoms. The summed E-state index contributed by atoms with van der Waals surface area (Å²) in [5.74, 6) is 0.463. The van der Waals surface area contributed by atoms with E-state index in [1.165, 1.54) is 43.2 Å². The van der Waals surface area contributed by atoms with Crippen LogP contribution in [0, 0.1) is 6.92 Å². The summed E-state index contributed by atoms with van der Waals surface area (Å²) in [6.45, 7) is 1.63. The molecule has 2 N–H and O–H groups in total. The quantitative estimate of drug-likeness (QED) is 0.475. The zero-order valence-electron chi connectivity index (χ0n) is 17.6. The molecule has 1 aliphatic carbocycles. The molecule has 32 heavy (non-hydrogen) atoms. The Kier molecular flexibility index (Phi) is 6.53. The minimum Gasteiger partial charge on any atom is -0.361 e. The lowest BCUT2D eigenvalue weighted by Gasteiger charge is -2.22. The molecule has 2 aromatic carbocycles. The number of benzene rings is 2. The average Bonchev–Trinajstić information content (AvgIpc) is 3.22. The van der Waals surface area contributed by atoms with E-state index in [1.54, 1.807) is 25.1 Å². The van der Waals surface area contributed by atoms with E-state index in [9.17, 15) is 13.2 Å². The Hall–Kier alpha value is -2.84. The van der Waals surface area contributed by atoms with Gasteiger partial charge in [-0.3, -0.25) is 9.52 Å². The number of amides is 1. The normalized spacial score (nSPS) is 14.8. The van der Waals surface area contributed by atoms with E-state index >= 15 is 0 Å². The van der Waals surface area contributed by atoms with Crippen molar-refractivity contribution < 1.29 is 17.7 Å². The third kappa shape index (κ3) is 4.97. The number of sulfonamides is 1. The van der Waals surface area contributed by atoms with E-state index in [0.29, 0.717) is 22.9 Å². The van der Waals surface area contributed by atoms with E-state index in [1.807, 2.05) is 12.1 Å². The monoisotopic (exact) mass is 473 g/mol. The maximum Gasteiger partial charge on any atom is 0.261 e. The molecule has 0 bridgehead atoms. The first-order chi connectivity index (χ1) is 15.3. The number of hydrogen-bond donors (Lipinski definition) is 2. The molecule has 0 radical (unpaired) electrons. The van der Waals surface area contributed by atoms with Gasteiger partial charge >= 0.3 is 0 Å². The van der Waals surface area contributed by atoms with Crippen LogP contribution in [0.1, 0.15) is 59.7 Å². The second-order valence-electron chi connectivity index (χ2n) is 7.95. The van der Waals surface area contributed by atoms with Gasteiger partial charge < -0.3 is 9.84 Å². The van der Waals surface area contributed by atoms with Crippen LogP contribution in [-0.2, 0) is 10.0 Å². The van der Waals surface area contributed by atoms with Crippen molar-refractivity contribution in [3.8, 4) is 0 Å². The molecule has 1 heterocycles. The van der Waals surface area contributed by atoms with Crippen molar-refractivity contribution in [2.75, 3.05) is 10.0 Å². The number of carbonyl (C=O) groups excluding carboxylic acids is 1. The van der Waals surface area contributed by atoms with Crippen LogP contribution in [0.3, 0.4) is 0 Å². The standard InChI is InChI=1S/C23H24ClN3O4S/c1-15-20(14-25-31-15)23(28)26-18-9-12-21(24)22(13-18)27-32(29,30)19-10-7-17(8-11-19)16-5-3-2-4-6-16/h7-14,16,27H,2-6H2,1H3,(H,26,28). The predicted molar refractivity (Wildman–Crippen MR) is 124 cm³/mol. The fourth-order valence-corrected chi connectivity index (χ4v) is 5.25. The van der Waals surface area contributed by atoms with Crippen molar-refractivity contribution in [3.05, 3.63) is 70.6 Å². The predicted octanol–water partition coefficient (Wildman–Crippen LogP) is 5.74. The van der Waals surface area contributed by atoms with E-state index in [4.69, 9.17) is 16.1 Å². The Labute approximate surface area is 192 Å². The molecule has 7 nitrogen and oxygen atoms in total. The summed E-state index contributed by atoms with van der Waals surface area (Å²) in [6.07, 6.45) is 7.31. The number of anilines is 2. The third-order valence-electron chi connectivity index (χ3n) is 5.73. The molecule has 168 valence electrons. The zero-order chi connectivity index (χ0) is 22.7. The van der Waals surface area contributed by atoms with E-state index in [0.717, 1.165) is 12.8 Å². The topological polar surface area (TPSA) is 101 Å². The zero-order valence-corrected chi connectivity index (χ0v) is 19.2. The van der Waals surface area contributed by atoms with Crippen molar-refractivity contribution in [2.24, 2.45) is 0 Å². The fraction of sp³-hybridized carbons (Fsp3) is 0.304. The second-order valence-corrected chi connectivity index (χ2v) is 10.0. The molecular formula is C23H24ClN3O4S. The van der Waals surface area contributed by atoms with Crippen LogP contribution in [0.2, 0.25) is 5.02 Å². The highest BCUT2D eigenvalue weighted by Crippen LogP contribution is 2.33. The van der Waals surface area contributed by atoms with Gasteiger partial charge in [0.05, 0.1) is 21.8 Å². The van der Waals surface area contributed by atoms with Gasteiger partial charge in [0.25, 0.3) is 15.9 Å². The largest absolute Gasteiger partial charge is 0.361 e. The minimum absolute atomic E-state index is 0.155. The molecule has 0 unspecified atom stereocenters. The number of aromatic nitrogens is 1. The van der Waals surface area contributed by atoms with Crippen LogP contribution in [0.25, 0.3) is 0 Å². The number of carbonyl (C=O) groups is 1. The van der Waals surface area contributed by atoms with Gasteiger partial charge in [-0.1, -0.05) is 48.2 Å². The fourth-order valence-electron chi connectivity index (χ4n) is 3.96. The first-order valence-corrected chi connectivity index (χ1v) is 12.3. The molecule has 0 saturated heterocycles. The smallest absolute Gasteiger partial charge is 0.261 e.